The molecule has 0 aromatic carbocycles. The minimum atomic E-state index is 0.303. The van der Waals surface area contributed by atoms with Gasteiger partial charge in [-0.2, -0.15) is 0 Å². The average Bonchev–Trinajstić information content (AvgIpc) is 2.62. The summed E-state index contributed by atoms with van der Waals surface area (Å²) in [5, 5.41) is 0. The largest absolute Gasteiger partial charge is 0.342 e. The topological polar surface area (TPSA) is 23.6 Å². The Morgan fingerprint density at radius 3 is 2.76 bits per heavy atom. The van der Waals surface area contributed by atoms with Gasteiger partial charge in [0.1, 0.15) is 0 Å². The van der Waals surface area contributed by atoms with Crippen LogP contribution >= 0.6 is 11.3 Å². The van der Waals surface area contributed by atoms with Crippen LogP contribution in [-0.4, -0.2) is 41.9 Å². The molecule has 1 saturated heterocycles. The van der Waals surface area contributed by atoms with Crippen molar-refractivity contribution < 1.29 is 4.79 Å². The number of amides is 1. The monoisotopic (exact) mass is 252 g/mol. The van der Waals surface area contributed by atoms with Crippen LogP contribution in [0, 0.1) is 6.92 Å². The van der Waals surface area contributed by atoms with Gasteiger partial charge in [0.25, 0.3) is 0 Å². The predicted molar refractivity (Wildman–Crippen MR) is 71.2 cm³/mol. The van der Waals surface area contributed by atoms with E-state index in [1.54, 1.807) is 0 Å². The molecular weight excluding hydrogens is 232 g/mol. The molecule has 2 heterocycles. The van der Waals surface area contributed by atoms with Crippen molar-refractivity contribution in [3.63, 3.8) is 0 Å². The Hall–Kier alpha value is -0.870. The molecule has 1 aliphatic rings. The van der Waals surface area contributed by atoms with Crippen molar-refractivity contribution in [3.8, 4) is 0 Å². The van der Waals surface area contributed by atoms with Crippen molar-refractivity contribution in [2.75, 3.05) is 26.2 Å². The number of likely N-dealkylation sites (N-methyl/N-ethyl adjacent to an activating group) is 1. The third-order valence-electron chi connectivity index (χ3n) is 3.24. The van der Waals surface area contributed by atoms with E-state index in [2.05, 4.69) is 30.9 Å². The smallest absolute Gasteiger partial charge is 0.223 e. The summed E-state index contributed by atoms with van der Waals surface area (Å²) < 4.78 is 0. The molecule has 0 spiro atoms. The van der Waals surface area contributed by atoms with Crippen LogP contribution in [0.2, 0.25) is 0 Å². The highest BCUT2D eigenvalue weighted by molar-refractivity contribution is 7.11. The van der Waals surface area contributed by atoms with E-state index in [1.807, 2.05) is 16.2 Å². The quantitative estimate of drug-likeness (QED) is 0.822. The maximum absolute atomic E-state index is 11.7. The summed E-state index contributed by atoms with van der Waals surface area (Å²) in [6.45, 7) is 8.78. The summed E-state index contributed by atoms with van der Waals surface area (Å²) in [4.78, 5) is 18.9. The summed E-state index contributed by atoms with van der Waals surface area (Å²) >= 11 is 1.86. The standard InChI is InChI=1S/C13H20N2OS/c1-3-15-9-8-14(7-6-13(15)16)10-12-5-4-11(2)17-12/h4-5H,3,6-10H2,1-2H3. The summed E-state index contributed by atoms with van der Waals surface area (Å²) in [5.41, 5.74) is 0. The lowest BCUT2D eigenvalue weighted by atomic mass is 10.3. The minimum absolute atomic E-state index is 0.303. The van der Waals surface area contributed by atoms with Gasteiger partial charge in [0, 0.05) is 48.9 Å². The molecule has 17 heavy (non-hydrogen) atoms. The van der Waals surface area contributed by atoms with E-state index in [1.165, 1.54) is 9.75 Å². The molecule has 3 nitrogen and oxygen atoms in total. The van der Waals surface area contributed by atoms with Crippen molar-refractivity contribution in [3.05, 3.63) is 21.9 Å². The minimum Gasteiger partial charge on any atom is -0.342 e. The summed E-state index contributed by atoms with van der Waals surface area (Å²) in [5.74, 6) is 0.303. The van der Waals surface area contributed by atoms with E-state index in [0.717, 1.165) is 32.7 Å². The maximum Gasteiger partial charge on any atom is 0.223 e. The lowest BCUT2D eigenvalue weighted by molar-refractivity contribution is -0.130. The van der Waals surface area contributed by atoms with Crippen LogP contribution in [0.1, 0.15) is 23.1 Å². The van der Waals surface area contributed by atoms with Crippen LogP contribution in [0.3, 0.4) is 0 Å². The van der Waals surface area contributed by atoms with Crippen LogP contribution in [0.4, 0.5) is 0 Å². The molecule has 1 fully saturated rings. The maximum atomic E-state index is 11.7. The van der Waals surface area contributed by atoms with Crippen molar-refractivity contribution in [1.29, 1.82) is 0 Å². The average molecular weight is 252 g/mol. The molecule has 1 aromatic rings. The Balaban J connectivity index is 1.92. The zero-order chi connectivity index (χ0) is 12.3. The van der Waals surface area contributed by atoms with Gasteiger partial charge < -0.3 is 4.90 Å². The van der Waals surface area contributed by atoms with Gasteiger partial charge in [-0.3, -0.25) is 9.69 Å². The summed E-state index contributed by atoms with van der Waals surface area (Å²) in [6, 6.07) is 4.37. The van der Waals surface area contributed by atoms with E-state index in [0.29, 0.717) is 12.3 Å². The molecule has 2 rings (SSSR count). The van der Waals surface area contributed by atoms with Crippen LogP contribution in [0.25, 0.3) is 0 Å². The Morgan fingerprint density at radius 1 is 1.29 bits per heavy atom. The number of carbonyl (C=O) groups excluding carboxylic acids is 1. The van der Waals surface area contributed by atoms with Gasteiger partial charge in [0.15, 0.2) is 0 Å². The second-order valence-corrected chi connectivity index (χ2v) is 5.88. The predicted octanol–water partition coefficient (Wildman–Crippen LogP) is 2.11. The Bertz CT molecular complexity index is 389. The van der Waals surface area contributed by atoms with Crippen LogP contribution in [-0.2, 0) is 11.3 Å². The zero-order valence-electron chi connectivity index (χ0n) is 10.6. The number of rotatable bonds is 3. The first-order chi connectivity index (χ1) is 8.19. The van der Waals surface area contributed by atoms with E-state index in [4.69, 9.17) is 0 Å². The third-order valence-corrected chi connectivity index (χ3v) is 4.22. The number of hydrogen-bond donors (Lipinski definition) is 0. The fourth-order valence-corrected chi connectivity index (χ4v) is 3.13. The number of nitrogens with zero attached hydrogens (tertiary/aromatic N) is 2. The number of carbonyl (C=O) groups is 1. The van der Waals surface area contributed by atoms with Crippen molar-refractivity contribution in [2.45, 2.75) is 26.8 Å². The molecule has 94 valence electrons. The number of hydrogen-bond acceptors (Lipinski definition) is 3. The van der Waals surface area contributed by atoms with E-state index in [-0.39, 0.29) is 0 Å². The van der Waals surface area contributed by atoms with Gasteiger partial charge in [0.05, 0.1) is 0 Å². The molecule has 1 aromatic heterocycles. The normalized spacial score (nSPS) is 18.5. The highest BCUT2D eigenvalue weighted by atomic mass is 32.1. The van der Waals surface area contributed by atoms with Gasteiger partial charge in [-0.25, -0.2) is 0 Å². The Kier molecular flexibility index (Phi) is 4.18. The van der Waals surface area contributed by atoms with E-state index in [9.17, 15) is 4.79 Å². The molecule has 0 atom stereocenters. The second kappa shape index (κ2) is 5.65. The first kappa shape index (κ1) is 12.6. The highest BCUT2D eigenvalue weighted by Crippen LogP contribution is 2.18. The van der Waals surface area contributed by atoms with Crippen molar-refractivity contribution in [2.24, 2.45) is 0 Å². The zero-order valence-corrected chi connectivity index (χ0v) is 11.4. The van der Waals surface area contributed by atoms with E-state index < -0.39 is 0 Å². The molecule has 0 N–H and O–H groups in total. The fourth-order valence-electron chi connectivity index (χ4n) is 2.19. The molecule has 0 aliphatic carbocycles. The van der Waals surface area contributed by atoms with Crippen LogP contribution < -0.4 is 0 Å². The lowest BCUT2D eigenvalue weighted by Gasteiger charge is -2.20. The Labute approximate surface area is 107 Å². The van der Waals surface area contributed by atoms with Gasteiger partial charge in [-0.05, 0) is 26.0 Å². The molecular formula is C13H20N2OS. The first-order valence-electron chi connectivity index (χ1n) is 6.24. The van der Waals surface area contributed by atoms with E-state index >= 15 is 0 Å². The number of thiophene rings is 1. The summed E-state index contributed by atoms with van der Waals surface area (Å²) in [7, 11) is 0. The van der Waals surface area contributed by atoms with Gasteiger partial charge in [-0.1, -0.05) is 0 Å². The highest BCUT2D eigenvalue weighted by Gasteiger charge is 2.19. The summed E-state index contributed by atoms with van der Waals surface area (Å²) in [6.07, 6.45) is 0.665. The molecule has 0 radical (unpaired) electrons. The van der Waals surface area contributed by atoms with Gasteiger partial charge in [0.2, 0.25) is 5.91 Å². The van der Waals surface area contributed by atoms with Crippen molar-refractivity contribution in [1.82, 2.24) is 9.80 Å². The molecule has 0 saturated carbocycles. The first-order valence-corrected chi connectivity index (χ1v) is 7.06. The van der Waals surface area contributed by atoms with Crippen LogP contribution in [0.15, 0.2) is 12.1 Å². The van der Waals surface area contributed by atoms with Crippen LogP contribution in [0.5, 0.6) is 0 Å². The second-order valence-electron chi connectivity index (χ2n) is 4.51. The van der Waals surface area contributed by atoms with Crippen molar-refractivity contribution >= 4 is 17.2 Å². The molecule has 0 bridgehead atoms. The van der Waals surface area contributed by atoms with Gasteiger partial charge >= 0.3 is 0 Å². The molecule has 1 amide bonds. The SMILES string of the molecule is CCN1CCN(Cc2ccc(C)s2)CCC1=O. The molecule has 0 unspecified atom stereocenters. The molecule has 1 aliphatic heterocycles. The fraction of sp³-hybridized carbons (Fsp3) is 0.615. The third kappa shape index (κ3) is 3.30. The van der Waals surface area contributed by atoms with Gasteiger partial charge in [-0.15, -0.1) is 11.3 Å². The molecule has 4 heteroatoms. The Morgan fingerprint density at radius 2 is 2.12 bits per heavy atom. The number of aryl methyl sites for hydroxylation is 1. The lowest BCUT2D eigenvalue weighted by Crippen LogP contribution is -2.32.